The molecule has 2 heteroatoms. The van der Waals surface area contributed by atoms with E-state index in [0.29, 0.717) is 6.04 Å². The first-order valence-corrected chi connectivity index (χ1v) is 6.30. The van der Waals surface area contributed by atoms with E-state index < -0.39 is 0 Å². The van der Waals surface area contributed by atoms with E-state index in [1.807, 2.05) is 11.3 Å². The monoisotopic (exact) mass is 211 g/mol. The molecule has 1 aromatic heterocycles. The number of hydrogen-bond acceptors (Lipinski definition) is 2. The number of hydrogen-bond donors (Lipinski definition) is 1. The lowest BCUT2D eigenvalue weighted by atomic mass is 10.00. The number of nitrogens with one attached hydrogen (secondary N) is 1. The van der Waals surface area contributed by atoms with Gasteiger partial charge in [-0.05, 0) is 43.7 Å². The molecule has 1 nitrogen and oxygen atoms in total. The molecule has 80 valence electrons. The third-order valence-electron chi connectivity index (χ3n) is 2.48. The fraction of sp³-hybridized carbons (Fsp3) is 0.667. The lowest BCUT2D eigenvalue weighted by Crippen LogP contribution is -2.27. The topological polar surface area (TPSA) is 12.0 Å². The summed E-state index contributed by atoms with van der Waals surface area (Å²) in [5, 5.41) is 5.56. The van der Waals surface area contributed by atoms with Crippen molar-refractivity contribution in [1.82, 2.24) is 5.32 Å². The van der Waals surface area contributed by atoms with E-state index in [0.717, 1.165) is 5.92 Å². The van der Waals surface area contributed by atoms with Crippen molar-refractivity contribution in [2.75, 3.05) is 7.05 Å². The first-order valence-electron chi connectivity index (χ1n) is 5.42. The van der Waals surface area contributed by atoms with Crippen molar-refractivity contribution in [2.24, 2.45) is 5.92 Å². The Morgan fingerprint density at radius 2 is 2.21 bits per heavy atom. The largest absolute Gasteiger partial charge is 0.317 e. The van der Waals surface area contributed by atoms with E-state index in [4.69, 9.17) is 0 Å². The summed E-state index contributed by atoms with van der Waals surface area (Å²) in [6.07, 6.45) is 3.76. The maximum Gasteiger partial charge on any atom is 0.00699 e. The minimum Gasteiger partial charge on any atom is -0.317 e. The van der Waals surface area contributed by atoms with Crippen LogP contribution in [-0.2, 0) is 6.42 Å². The van der Waals surface area contributed by atoms with Gasteiger partial charge in [-0.3, -0.25) is 0 Å². The second-order valence-electron chi connectivity index (χ2n) is 4.23. The Hall–Kier alpha value is -0.340. The molecule has 0 radical (unpaired) electrons. The van der Waals surface area contributed by atoms with Crippen LogP contribution in [0.5, 0.6) is 0 Å². The molecular formula is C12H21NS. The van der Waals surface area contributed by atoms with Gasteiger partial charge < -0.3 is 5.32 Å². The molecule has 14 heavy (non-hydrogen) atoms. The number of rotatable bonds is 6. The van der Waals surface area contributed by atoms with E-state index >= 15 is 0 Å². The van der Waals surface area contributed by atoms with Crippen LogP contribution in [0.2, 0.25) is 0 Å². The van der Waals surface area contributed by atoms with Gasteiger partial charge in [-0.25, -0.2) is 0 Å². The van der Waals surface area contributed by atoms with Crippen molar-refractivity contribution in [3.63, 3.8) is 0 Å². The molecule has 0 aliphatic carbocycles. The van der Waals surface area contributed by atoms with Crippen LogP contribution in [0, 0.1) is 5.92 Å². The molecule has 1 heterocycles. The summed E-state index contributed by atoms with van der Waals surface area (Å²) in [5.41, 5.74) is 0. The Balaban J connectivity index is 2.27. The average Bonchev–Trinajstić information content (AvgIpc) is 2.64. The molecule has 0 aliphatic heterocycles. The predicted octanol–water partition coefficient (Wildman–Crippen LogP) is 3.31. The highest BCUT2D eigenvalue weighted by atomic mass is 32.1. The molecule has 1 atom stereocenters. The molecule has 0 aliphatic rings. The molecule has 1 aromatic rings. The van der Waals surface area contributed by atoms with Gasteiger partial charge in [0.05, 0.1) is 0 Å². The lowest BCUT2D eigenvalue weighted by Gasteiger charge is -2.17. The van der Waals surface area contributed by atoms with Crippen molar-refractivity contribution in [1.29, 1.82) is 0 Å². The van der Waals surface area contributed by atoms with Crippen LogP contribution >= 0.6 is 11.3 Å². The summed E-state index contributed by atoms with van der Waals surface area (Å²) in [6, 6.07) is 5.04. The van der Waals surface area contributed by atoms with Gasteiger partial charge in [0.25, 0.3) is 0 Å². The normalized spacial score (nSPS) is 13.4. The first kappa shape index (κ1) is 11.7. The van der Waals surface area contributed by atoms with Gasteiger partial charge in [-0.1, -0.05) is 19.9 Å². The summed E-state index contributed by atoms with van der Waals surface area (Å²) >= 11 is 1.87. The molecule has 0 amide bonds. The molecule has 0 saturated heterocycles. The minimum atomic E-state index is 0.678. The van der Waals surface area contributed by atoms with Gasteiger partial charge in [0, 0.05) is 10.9 Å². The van der Waals surface area contributed by atoms with Crippen molar-refractivity contribution in [3.05, 3.63) is 22.4 Å². The molecule has 1 N–H and O–H groups in total. The van der Waals surface area contributed by atoms with Crippen LogP contribution in [0.1, 0.15) is 31.6 Å². The molecule has 0 fully saturated rings. The van der Waals surface area contributed by atoms with Gasteiger partial charge in [0.15, 0.2) is 0 Å². The summed E-state index contributed by atoms with van der Waals surface area (Å²) in [6.45, 7) is 4.57. The second kappa shape index (κ2) is 6.20. The number of thiophene rings is 1. The summed E-state index contributed by atoms with van der Waals surface area (Å²) < 4.78 is 0. The fourth-order valence-corrected chi connectivity index (χ4v) is 2.45. The van der Waals surface area contributed by atoms with E-state index in [2.05, 4.69) is 43.7 Å². The summed E-state index contributed by atoms with van der Waals surface area (Å²) in [5.74, 6) is 0.788. The third kappa shape index (κ3) is 4.25. The van der Waals surface area contributed by atoms with Gasteiger partial charge >= 0.3 is 0 Å². The van der Waals surface area contributed by atoms with E-state index in [1.54, 1.807) is 0 Å². The Morgan fingerprint density at radius 3 is 2.71 bits per heavy atom. The Labute approximate surface area is 91.5 Å². The van der Waals surface area contributed by atoms with Gasteiger partial charge in [-0.2, -0.15) is 0 Å². The molecule has 0 saturated carbocycles. The zero-order chi connectivity index (χ0) is 10.4. The van der Waals surface area contributed by atoms with Crippen LogP contribution < -0.4 is 5.32 Å². The smallest absolute Gasteiger partial charge is 0.00699 e. The maximum atomic E-state index is 3.40. The van der Waals surface area contributed by atoms with E-state index in [9.17, 15) is 0 Å². The van der Waals surface area contributed by atoms with Crippen LogP contribution in [-0.4, -0.2) is 13.1 Å². The summed E-state index contributed by atoms with van der Waals surface area (Å²) in [4.78, 5) is 1.51. The molecule has 0 aromatic carbocycles. The SMILES string of the molecule is CNC(CCc1cccs1)CC(C)C. The quantitative estimate of drug-likeness (QED) is 0.761. The zero-order valence-corrected chi connectivity index (χ0v) is 10.2. The predicted molar refractivity (Wildman–Crippen MR) is 64.9 cm³/mol. The number of aryl methyl sites for hydroxylation is 1. The van der Waals surface area contributed by atoms with Crippen LogP contribution in [0.15, 0.2) is 17.5 Å². The lowest BCUT2D eigenvalue weighted by molar-refractivity contribution is 0.422. The van der Waals surface area contributed by atoms with Gasteiger partial charge in [0.2, 0.25) is 0 Å². The standard InChI is InChI=1S/C12H21NS/c1-10(2)9-11(13-3)6-7-12-5-4-8-14-12/h4-5,8,10-11,13H,6-7,9H2,1-3H3. The Kier molecular flexibility index (Phi) is 5.20. The van der Waals surface area contributed by atoms with Crippen molar-refractivity contribution >= 4 is 11.3 Å². The highest BCUT2D eigenvalue weighted by Gasteiger charge is 2.08. The average molecular weight is 211 g/mol. The van der Waals surface area contributed by atoms with Crippen LogP contribution in [0.25, 0.3) is 0 Å². The Bertz CT molecular complexity index is 228. The summed E-state index contributed by atoms with van der Waals surface area (Å²) in [7, 11) is 2.07. The fourth-order valence-electron chi connectivity index (χ4n) is 1.72. The second-order valence-corrected chi connectivity index (χ2v) is 5.27. The van der Waals surface area contributed by atoms with Crippen LogP contribution in [0.3, 0.4) is 0 Å². The third-order valence-corrected chi connectivity index (χ3v) is 3.42. The molecule has 1 rings (SSSR count). The minimum absolute atomic E-state index is 0.678. The maximum absolute atomic E-state index is 3.40. The van der Waals surface area contributed by atoms with Crippen LogP contribution in [0.4, 0.5) is 0 Å². The molecule has 0 spiro atoms. The molecular weight excluding hydrogens is 190 g/mol. The molecule has 1 unspecified atom stereocenters. The highest BCUT2D eigenvalue weighted by molar-refractivity contribution is 7.09. The zero-order valence-electron chi connectivity index (χ0n) is 9.42. The van der Waals surface area contributed by atoms with Crippen molar-refractivity contribution < 1.29 is 0 Å². The van der Waals surface area contributed by atoms with E-state index in [1.165, 1.54) is 24.1 Å². The van der Waals surface area contributed by atoms with Crippen molar-refractivity contribution in [3.8, 4) is 0 Å². The molecule has 0 bridgehead atoms. The van der Waals surface area contributed by atoms with E-state index in [-0.39, 0.29) is 0 Å². The van der Waals surface area contributed by atoms with Gasteiger partial charge in [0.1, 0.15) is 0 Å². The first-order chi connectivity index (χ1) is 6.72. The highest BCUT2D eigenvalue weighted by Crippen LogP contribution is 2.15. The van der Waals surface area contributed by atoms with Crippen molar-refractivity contribution in [2.45, 2.75) is 39.2 Å². The van der Waals surface area contributed by atoms with Gasteiger partial charge in [-0.15, -0.1) is 11.3 Å². The Morgan fingerprint density at radius 1 is 1.43 bits per heavy atom.